The molecule has 2 aromatic rings. The number of hydrogen-bond donors (Lipinski definition) is 0. The standard InChI is InChI=1S/C19H20O2/c1-2-13-20-14-7-11-17-10-6-12-19(15-17)21-16-18-8-4-3-5-9-18/h2-12,15H,1,13-14,16H2. The van der Waals surface area contributed by atoms with Crippen molar-refractivity contribution in [1.82, 2.24) is 0 Å². The second-order valence-corrected chi connectivity index (χ2v) is 4.58. The van der Waals surface area contributed by atoms with E-state index in [-0.39, 0.29) is 0 Å². The minimum atomic E-state index is 0.574. The molecule has 0 aliphatic carbocycles. The van der Waals surface area contributed by atoms with Crippen LogP contribution in [0.25, 0.3) is 6.08 Å². The fourth-order valence-corrected chi connectivity index (χ4v) is 1.85. The molecule has 21 heavy (non-hydrogen) atoms. The average Bonchev–Trinajstić information content (AvgIpc) is 2.54. The molecule has 0 bridgehead atoms. The van der Waals surface area contributed by atoms with Crippen LogP contribution >= 0.6 is 0 Å². The largest absolute Gasteiger partial charge is 0.489 e. The van der Waals surface area contributed by atoms with Crippen LogP contribution in [-0.2, 0) is 11.3 Å². The summed E-state index contributed by atoms with van der Waals surface area (Å²) < 4.78 is 11.1. The van der Waals surface area contributed by atoms with Gasteiger partial charge in [-0.2, -0.15) is 0 Å². The molecule has 0 spiro atoms. The van der Waals surface area contributed by atoms with E-state index >= 15 is 0 Å². The second kappa shape index (κ2) is 8.77. The molecule has 0 aromatic heterocycles. The summed E-state index contributed by atoms with van der Waals surface area (Å²) in [7, 11) is 0. The van der Waals surface area contributed by atoms with E-state index in [1.165, 1.54) is 0 Å². The Bertz CT molecular complexity index is 573. The van der Waals surface area contributed by atoms with E-state index in [0.29, 0.717) is 19.8 Å². The van der Waals surface area contributed by atoms with E-state index in [4.69, 9.17) is 9.47 Å². The highest BCUT2D eigenvalue weighted by atomic mass is 16.5. The minimum Gasteiger partial charge on any atom is -0.489 e. The van der Waals surface area contributed by atoms with Gasteiger partial charge < -0.3 is 9.47 Å². The lowest BCUT2D eigenvalue weighted by molar-refractivity contribution is 0.194. The molecule has 0 fully saturated rings. The minimum absolute atomic E-state index is 0.574. The van der Waals surface area contributed by atoms with E-state index in [2.05, 4.69) is 18.7 Å². The third-order valence-corrected chi connectivity index (χ3v) is 2.87. The van der Waals surface area contributed by atoms with Crippen molar-refractivity contribution < 1.29 is 9.47 Å². The van der Waals surface area contributed by atoms with Crippen LogP contribution < -0.4 is 4.74 Å². The molecule has 0 aliphatic heterocycles. The maximum atomic E-state index is 5.80. The Kier molecular flexibility index (Phi) is 6.30. The Morgan fingerprint density at radius 1 is 0.952 bits per heavy atom. The molecule has 0 saturated heterocycles. The van der Waals surface area contributed by atoms with Gasteiger partial charge in [-0.3, -0.25) is 0 Å². The fraction of sp³-hybridized carbons (Fsp3) is 0.158. The first-order chi connectivity index (χ1) is 10.4. The number of ether oxygens (including phenoxy) is 2. The van der Waals surface area contributed by atoms with Gasteiger partial charge in [-0.05, 0) is 23.3 Å². The zero-order valence-corrected chi connectivity index (χ0v) is 12.1. The smallest absolute Gasteiger partial charge is 0.120 e. The van der Waals surface area contributed by atoms with Gasteiger partial charge in [0.2, 0.25) is 0 Å². The summed E-state index contributed by atoms with van der Waals surface area (Å²) in [6.07, 6.45) is 5.75. The van der Waals surface area contributed by atoms with Crippen LogP contribution in [-0.4, -0.2) is 13.2 Å². The summed E-state index contributed by atoms with van der Waals surface area (Å²) in [5.74, 6) is 0.869. The zero-order chi connectivity index (χ0) is 14.8. The highest BCUT2D eigenvalue weighted by Gasteiger charge is 1.96. The Labute approximate surface area is 126 Å². The van der Waals surface area contributed by atoms with Crippen molar-refractivity contribution in [2.24, 2.45) is 0 Å². The van der Waals surface area contributed by atoms with Gasteiger partial charge in [0.1, 0.15) is 12.4 Å². The van der Waals surface area contributed by atoms with Gasteiger partial charge in [0, 0.05) is 0 Å². The maximum Gasteiger partial charge on any atom is 0.120 e. The van der Waals surface area contributed by atoms with Crippen molar-refractivity contribution in [1.29, 1.82) is 0 Å². The van der Waals surface area contributed by atoms with Crippen LogP contribution in [0.2, 0.25) is 0 Å². The first-order valence-electron chi connectivity index (χ1n) is 7.00. The van der Waals surface area contributed by atoms with Gasteiger partial charge in [0.25, 0.3) is 0 Å². The number of benzene rings is 2. The monoisotopic (exact) mass is 280 g/mol. The predicted octanol–water partition coefficient (Wildman–Crippen LogP) is 4.48. The molecular weight excluding hydrogens is 260 g/mol. The molecule has 108 valence electrons. The van der Waals surface area contributed by atoms with Crippen LogP contribution in [0.5, 0.6) is 5.75 Å². The Morgan fingerprint density at radius 3 is 2.62 bits per heavy atom. The molecule has 0 N–H and O–H groups in total. The highest BCUT2D eigenvalue weighted by molar-refractivity contribution is 5.51. The van der Waals surface area contributed by atoms with Crippen LogP contribution in [0.15, 0.2) is 73.3 Å². The van der Waals surface area contributed by atoms with E-state index < -0.39 is 0 Å². The molecule has 0 radical (unpaired) electrons. The lowest BCUT2D eigenvalue weighted by atomic mass is 10.2. The first kappa shape index (κ1) is 15.1. The summed E-state index contributed by atoms with van der Waals surface area (Å²) in [6, 6.07) is 18.2. The molecule has 2 nitrogen and oxygen atoms in total. The van der Waals surface area contributed by atoms with Crippen LogP contribution in [0, 0.1) is 0 Å². The topological polar surface area (TPSA) is 18.5 Å². The normalized spacial score (nSPS) is 10.7. The van der Waals surface area contributed by atoms with Crippen molar-refractivity contribution in [3.63, 3.8) is 0 Å². The summed E-state index contributed by atoms with van der Waals surface area (Å²) in [6.45, 7) is 5.35. The Hall–Kier alpha value is -2.32. The van der Waals surface area contributed by atoms with Crippen molar-refractivity contribution in [2.75, 3.05) is 13.2 Å². The van der Waals surface area contributed by atoms with E-state index in [0.717, 1.165) is 16.9 Å². The third kappa shape index (κ3) is 5.67. The second-order valence-electron chi connectivity index (χ2n) is 4.58. The van der Waals surface area contributed by atoms with Gasteiger partial charge in [0.15, 0.2) is 0 Å². The fourth-order valence-electron chi connectivity index (χ4n) is 1.85. The van der Waals surface area contributed by atoms with E-state index in [9.17, 15) is 0 Å². The zero-order valence-electron chi connectivity index (χ0n) is 12.1. The van der Waals surface area contributed by atoms with Crippen molar-refractivity contribution in [2.45, 2.75) is 6.61 Å². The molecular formula is C19H20O2. The highest BCUT2D eigenvalue weighted by Crippen LogP contribution is 2.16. The van der Waals surface area contributed by atoms with E-state index in [1.54, 1.807) is 6.08 Å². The SMILES string of the molecule is C=CCOCC=Cc1cccc(OCc2ccccc2)c1. The van der Waals surface area contributed by atoms with Crippen molar-refractivity contribution in [3.8, 4) is 5.75 Å². The molecule has 0 unspecified atom stereocenters. The molecule has 2 aromatic carbocycles. The summed E-state index contributed by atoms with van der Waals surface area (Å²) in [4.78, 5) is 0. The van der Waals surface area contributed by atoms with Crippen LogP contribution in [0.3, 0.4) is 0 Å². The lowest BCUT2D eigenvalue weighted by Gasteiger charge is -2.06. The van der Waals surface area contributed by atoms with Crippen molar-refractivity contribution >= 4 is 6.08 Å². The van der Waals surface area contributed by atoms with Gasteiger partial charge in [-0.15, -0.1) is 6.58 Å². The molecule has 2 heteroatoms. The molecule has 0 amide bonds. The molecule has 0 heterocycles. The summed E-state index contributed by atoms with van der Waals surface area (Å²) in [5.41, 5.74) is 2.26. The predicted molar refractivity (Wildman–Crippen MR) is 87.3 cm³/mol. The Balaban J connectivity index is 1.87. The summed E-state index contributed by atoms with van der Waals surface area (Å²) >= 11 is 0. The number of hydrogen-bond acceptors (Lipinski definition) is 2. The third-order valence-electron chi connectivity index (χ3n) is 2.87. The summed E-state index contributed by atoms with van der Waals surface area (Å²) in [5, 5.41) is 0. The number of rotatable bonds is 8. The van der Waals surface area contributed by atoms with E-state index in [1.807, 2.05) is 54.6 Å². The molecule has 0 aliphatic rings. The first-order valence-corrected chi connectivity index (χ1v) is 7.00. The maximum absolute atomic E-state index is 5.80. The molecule has 0 saturated carbocycles. The van der Waals surface area contributed by atoms with Gasteiger partial charge in [-0.25, -0.2) is 0 Å². The molecule has 0 atom stereocenters. The van der Waals surface area contributed by atoms with Crippen LogP contribution in [0.4, 0.5) is 0 Å². The van der Waals surface area contributed by atoms with Gasteiger partial charge in [0.05, 0.1) is 13.2 Å². The Morgan fingerprint density at radius 2 is 1.81 bits per heavy atom. The molecule has 2 rings (SSSR count). The quantitative estimate of drug-likeness (QED) is 0.524. The van der Waals surface area contributed by atoms with Crippen molar-refractivity contribution in [3.05, 3.63) is 84.5 Å². The van der Waals surface area contributed by atoms with Crippen LogP contribution in [0.1, 0.15) is 11.1 Å². The van der Waals surface area contributed by atoms with Gasteiger partial charge in [-0.1, -0.05) is 60.7 Å². The average molecular weight is 280 g/mol. The van der Waals surface area contributed by atoms with Gasteiger partial charge >= 0.3 is 0 Å². The lowest BCUT2D eigenvalue weighted by Crippen LogP contribution is -1.95.